The third-order valence-corrected chi connectivity index (χ3v) is 5.13. The molecule has 2 atom stereocenters. The maximum atomic E-state index is 13.1. The van der Waals surface area contributed by atoms with Crippen LogP contribution in [0.2, 0.25) is 5.02 Å². The number of hydrogen-bond acceptors (Lipinski definition) is 3. The molecule has 23 heavy (non-hydrogen) atoms. The van der Waals surface area contributed by atoms with E-state index in [9.17, 15) is 4.79 Å². The van der Waals surface area contributed by atoms with Crippen LogP contribution in [0.1, 0.15) is 17.0 Å². The van der Waals surface area contributed by atoms with E-state index in [4.69, 9.17) is 11.6 Å². The highest BCUT2D eigenvalue weighted by atomic mass is 35.5. The Morgan fingerprint density at radius 1 is 1.39 bits per heavy atom. The normalized spacial score (nSPS) is 23.3. The highest BCUT2D eigenvalue weighted by Gasteiger charge is 2.39. The van der Waals surface area contributed by atoms with Crippen LogP contribution < -0.4 is 10.2 Å². The largest absolute Gasteiger partial charge is 0.315 e. The standard InChI is InChI=1S/C17H19ClN4O/c1-21-10-12(7-20-21)14-8-19-9-15(14)17(23)22-5-4-11-2-3-13(18)6-16(11)22/h2-3,6-7,10,14-15,19H,4-5,8-9H2,1H3/t14-,15+/m1/s1. The van der Waals surface area contributed by atoms with Crippen LogP contribution in [0, 0.1) is 5.92 Å². The van der Waals surface area contributed by atoms with E-state index in [1.807, 2.05) is 42.5 Å². The van der Waals surface area contributed by atoms with E-state index in [2.05, 4.69) is 10.4 Å². The molecule has 0 spiro atoms. The molecule has 6 heteroatoms. The van der Waals surface area contributed by atoms with Gasteiger partial charge in [0.1, 0.15) is 0 Å². The molecule has 4 rings (SSSR count). The van der Waals surface area contributed by atoms with Crippen molar-refractivity contribution in [2.45, 2.75) is 12.3 Å². The maximum Gasteiger partial charge on any atom is 0.232 e. The second kappa shape index (κ2) is 5.65. The lowest BCUT2D eigenvalue weighted by molar-refractivity contribution is -0.122. The fraction of sp³-hybridized carbons (Fsp3) is 0.412. The topological polar surface area (TPSA) is 50.2 Å². The molecule has 120 valence electrons. The number of aryl methyl sites for hydroxylation is 1. The lowest BCUT2D eigenvalue weighted by Crippen LogP contribution is -2.37. The van der Waals surface area contributed by atoms with Crippen LogP contribution in [0.15, 0.2) is 30.6 Å². The Labute approximate surface area is 140 Å². The van der Waals surface area contributed by atoms with Gasteiger partial charge >= 0.3 is 0 Å². The Morgan fingerprint density at radius 2 is 2.26 bits per heavy atom. The van der Waals surface area contributed by atoms with Crippen LogP contribution in [0.3, 0.4) is 0 Å². The average Bonchev–Trinajstić information content (AvgIpc) is 3.24. The summed E-state index contributed by atoms with van der Waals surface area (Å²) in [5.41, 5.74) is 3.30. The number of anilines is 1. The Bertz CT molecular complexity index is 757. The van der Waals surface area contributed by atoms with Crippen LogP contribution in [0.25, 0.3) is 0 Å². The summed E-state index contributed by atoms with van der Waals surface area (Å²) in [6, 6.07) is 5.82. The van der Waals surface area contributed by atoms with Crippen molar-refractivity contribution in [1.82, 2.24) is 15.1 Å². The number of nitrogens with one attached hydrogen (secondary N) is 1. The Balaban J connectivity index is 1.61. The van der Waals surface area contributed by atoms with Crippen molar-refractivity contribution in [1.29, 1.82) is 0 Å². The van der Waals surface area contributed by atoms with E-state index >= 15 is 0 Å². The molecule has 0 bridgehead atoms. The number of carbonyl (C=O) groups is 1. The first-order chi connectivity index (χ1) is 11.1. The van der Waals surface area contributed by atoms with Crippen LogP contribution >= 0.6 is 11.6 Å². The van der Waals surface area contributed by atoms with Gasteiger partial charge < -0.3 is 10.2 Å². The van der Waals surface area contributed by atoms with Gasteiger partial charge in [-0.3, -0.25) is 9.48 Å². The number of amides is 1. The van der Waals surface area contributed by atoms with Crippen molar-refractivity contribution < 1.29 is 4.79 Å². The van der Waals surface area contributed by atoms with Gasteiger partial charge in [-0.2, -0.15) is 5.10 Å². The summed E-state index contributed by atoms with van der Waals surface area (Å²) in [5, 5.41) is 8.28. The van der Waals surface area contributed by atoms with Crippen molar-refractivity contribution >= 4 is 23.2 Å². The third kappa shape index (κ3) is 2.54. The minimum atomic E-state index is -0.0517. The lowest BCUT2D eigenvalue weighted by Gasteiger charge is -2.24. The summed E-state index contributed by atoms with van der Waals surface area (Å²) >= 11 is 6.12. The zero-order chi connectivity index (χ0) is 16.0. The molecule has 1 aromatic carbocycles. The summed E-state index contributed by atoms with van der Waals surface area (Å²) in [6.45, 7) is 2.27. The van der Waals surface area contributed by atoms with Crippen LogP contribution in [0.4, 0.5) is 5.69 Å². The van der Waals surface area contributed by atoms with Crippen molar-refractivity contribution in [3.8, 4) is 0 Å². The minimum Gasteiger partial charge on any atom is -0.315 e. The molecule has 5 nitrogen and oxygen atoms in total. The molecular formula is C17H19ClN4O. The Hall–Kier alpha value is -1.85. The van der Waals surface area contributed by atoms with Gasteiger partial charge in [-0.1, -0.05) is 17.7 Å². The number of fused-ring (bicyclic) bond motifs is 1. The van der Waals surface area contributed by atoms with Crippen molar-refractivity contribution in [2.75, 3.05) is 24.5 Å². The highest BCUT2D eigenvalue weighted by Crippen LogP contribution is 2.35. The number of benzene rings is 1. The Kier molecular flexibility index (Phi) is 3.62. The summed E-state index contributed by atoms with van der Waals surface area (Å²) in [5.74, 6) is 0.313. The van der Waals surface area contributed by atoms with Gasteiger partial charge in [0.15, 0.2) is 0 Å². The predicted octanol–water partition coefficient (Wildman–Crippen LogP) is 1.97. The quantitative estimate of drug-likeness (QED) is 0.916. The number of hydrogen-bond donors (Lipinski definition) is 1. The third-order valence-electron chi connectivity index (χ3n) is 4.89. The highest BCUT2D eigenvalue weighted by molar-refractivity contribution is 6.31. The van der Waals surface area contributed by atoms with E-state index in [0.717, 1.165) is 30.8 Å². The van der Waals surface area contributed by atoms with Gasteiger partial charge in [0, 0.05) is 49.5 Å². The first-order valence-electron chi connectivity index (χ1n) is 7.92. The maximum absolute atomic E-state index is 13.1. The first kappa shape index (κ1) is 14.7. The number of halogens is 1. The molecular weight excluding hydrogens is 312 g/mol. The molecule has 0 unspecified atom stereocenters. The monoisotopic (exact) mass is 330 g/mol. The van der Waals surface area contributed by atoms with Gasteiger partial charge in [0.25, 0.3) is 0 Å². The fourth-order valence-corrected chi connectivity index (χ4v) is 3.87. The number of rotatable bonds is 2. The van der Waals surface area contributed by atoms with E-state index in [1.165, 1.54) is 5.56 Å². The molecule has 1 saturated heterocycles. The molecule has 1 amide bonds. The molecule has 1 aromatic heterocycles. The SMILES string of the molecule is Cn1cc([C@H]2CNC[C@@H]2C(=O)N2CCc3ccc(Cl)cc32)cn1. The van der Waals surface area contributed by atoms with Gasteiger partial charge in [-0.15, -0.1) is 0 Å². The second-order valence-electron chi connectivity index (χ2n) is 6.33. The Morgan fingerprint density at radius 3 is 3.04 bits per heavy atom. The summed E-state index contributed by atoms with van der Waals surface area (Å²) in [6.07, 6.45) is 4.77. The molecule has 0 radical (unpaired) electrons. The summed E-state index contributed by atoms with van der Waals surface area (Å²) < 4.78 is 1.79. The summed E-state index contributed by atoms with van der Waals surface area (Å²) in [4.78, 5) is 15.0. The first-order valence-corrected chi connectivity index (χ1v) is 8.30. The zero-order valence-electron chi connectivity index (χ0n) is 13.0. The number of nitrogens with zero attached hydrogens (tertiary/aromatic N) is 3. The zero-order valence-corrected chi connectivity index (χ0v) is 13.8. The predicted molar refractivity (Wildman–Crippen MR) is 89.8 cm³/mol. The summed E-state index contributed by atoms with van der Waals surface area (Å²) in [7, 11) is 1.90. The smallest absolute Gasteiger partial charge is 0.232 e. The van der Waals surface area contributed by atoms with Gasteiger partial charge in [-0.25, -0.2) is 0 Å². The number of carbonyl (C=O) groups excluding carboxylic acids is 1. The molecule has 2 aromatic rings. The van der Waals surface area contributed by atoms with Crippen LogP contribution in [-0.4, -0.2) is 35.3 Å². The van der Waals surface area contributed by atoms with E-state index < -0.39 is 0 Å². The van der Waals surface area contributed by atoms with Crippen molar-refractivity contribution in [3.05, 3.63) is 46.7 Å². The van der Waals surface area contributed by atoms with E-state index in [1.54, 1.807) is 4.68 Å². The van der Waals surface area contributed by atoms with Crippen molar-refractivity contribution in [2.24, 2.45) is 13.0 Å². The van der Waals surface area contributed by atoms with E-state index in [0.29, 0.717) is 11.6 Å². The van der Waals surface area contributed by atoms with Gasteiger partial charge in [0.05, 0.1) is 12.1 Å². The molecule has 1 fully saturated rings. The van der Waals surface area contributed by atoms with Crippen LogP contribution in [-0.2, 0) is 18.3 Å². The molecule has 0 aliphatic carbocycles. The van der Waals surface area contributed by atoms with Gasteiger partial charge in [-0.05, 0) is 29.7 Å². The number of aromatic nitrogens is 2. The minimum absolute atomic E-state index is 0.0517. The molecule has 3 heterocycles. The fourth-order valence-electron chi connectivity index (χ4n) is 3.70. The average molecular weight is 331 g/mol. The molecule has 0 saturated carbocycles. The van der Waals surface area contributed by atoms with E-state index in [-0.39, 0.29) is 17.7 Å². The molecule has 2 aliphatic rings. The van der Waals surface area contributed by atoms with Gasteiger partial charge in [0.2, 0.25) is 5.91 Å². The molecule has 1 N–H and O–H groups in total. The lowest BCUT2D eigenvalue weighted by atomic mass is 9.90. The van der Waals surface area contributed by atoms with Crippen molar-refractivity contribution in [3.63, 3.8) is 0 Å². The second-order valence-corrected chi connectivity index (χ2v) is 6.77. The molecule has 2 aliphatic heterocycles. The van der Waals surface area contributed by atoms with Crippen LogP contribution in [0.5, 0.6) is 0 Å².